The molecule has 92 valence electrons. The van der Waals surface area contributed by atoms with Crippen LogP contribution in [0.2, 0.25) is 0 Å². The number of amides is 1. The standard InChI is InChI=1S/C10H15N5O2/c1-2-12-9(17)7-3-8-13-6(5-16)4-15(8)10(11)14-7/h3,6,11,13,16H,2,4-5H2,1H3,(H,12,17). The van der Waals surface area contributed by atoms with E-state index in [9.17, 15) is 4.79 Å². The number of rotatable bonds is 3. The SMILES string of the molecule is CCNC(=O)c1cc2n(c(=N)n1)CC(CO)N2. The quantitative estimate of drug-likeness (QED) is 0.535. The van der Waals surface area contributed by atoms with Gasteiger partial charge in [0.25, 0.3) is 5.91 Å². The van der Waals surface area contributed by atoms with Crippen LogP contribution in [0.1, 0.15) is 17.4 Å². The molecule has 0 saturated carbocycles. The average Bonchev–Trinajstić information content (AvgIpc) is 2.73. The van der Waals surface area contributed by atoms with Crippen LogP contribution >= 0.6 is 0 Å². The van der Waals surface area contributed by atoms with Crippen molar-refractivity contribution in [3.8, 4) is 0 Å². The molecule has 1 atom stereocenters. The fourth-order valence-corrected chi connectivity index (χ4v) is 1.78. The predicted molar refractivity (Wildman–Crippen MR) is 60.6 cm³/mol. The molecule has 0 radical (unpaired) electrons. The summed E-state index contributed by atoms with van der Waals surface area (Å²) in [5.74, 6) is 0.351. The maximum absolute atomic E-state index is 11.6. The molecule has 1 unspecified atom stereocenters. The van der Waals surface area contributed by atoms with Gasteiger partial charge in [-0.2, -0.15) is 0 Å². The number of carbonyl (C=O) groups is 1. The van der Waals surface area contributed by atoms with Crippen LogP contribution in [-0.2, 0) is 6.54 Å². The third-order valence-electron chi connectivity index (χ3n) is 2.59. The highest BCUT2D eigenvalue weighted by molar-refractivity contribution is 5.92. The van der Waals surface area contributed by atoms with Crippen LogP contribution in [0.5, 0.6) is 0 Å². The number of aromatic nitrogens is 2. The largest absolute Gasteiger partial charge is 0.394 e. The molecule has 1 aliphatic rings. The maximum Gasteiger partial charge on any atom is 0.270 e. The zero-order chi connectivity index (χ0) is 12.4. The van der Waals surface area contributed by atoms with E-state index in [2.05, 4.69) is 15.6 Å². The first kappa shape index (κ1) is 11.6. The number of aliphatic hydroxyl groups is 1. The lowest BCUT2D eigenvalue weighted by molar-refractivity contribution is 0.0950. The number of nitrogens with zero attached hydrogens (tertiary/aromatic N) is 2. The molecule has 7 heteroatoms. The summed E-state index contributed by atoms with van der Waals surface area (Å²) in [6, 6.07) is 1.48. The van der Waals surface area contributed by atoms with E-state index in [0.717, 1.165) is 0 Å². The Balaban J connectivity index is 2.34. The Labute approximate surface area is 98.0 Å². The minimum absolute atomic E-state index is 0.0163. The minimum atomic E-state index is -0.293. The molecular formula is C10H15N5O2. The second-order valence-electron chi connectivity index (χ2n) is 3.84. The first-order valence-electron chi connectivity index (χ1n) is 5.47. The lowest BCUT2D eigenvalue weighted by atomic mass is 10.3. The molecule has 0 spiro atoms. The van der Waals surface area contributed by atoms with Crippen molar-refractivity contribution in [3.63, 3.8) is 0 Å². The molecule has 2 rings (SSSR count). The first-order chi connectivity index (χ1) is 8.15. The van der Waals surface area contributed by atoms with E-state index in [1.807, 2.05) is 6.92 Å². The number of fused-ring (bicyclic) bond motifs is 1. The third-order valence-corrected chi connectivity index (χ3v) is 2.59. The topological polar surface area (TPSA) is 103 Å². The van der Waals surface area contributed by atoms with Crippen LogP contribution < -0.4 is 16.3 Å². The summed E-state index contributed by atoms with van der Waals surface area (Å²) in [5.41, 5.74) is 0.237. The van der Waals surface area contributed by atoms with Gasteiger partial charge >= 0.3 is 0 Å². The fourth-order valence-electron chi connectivity index (χ4n) is 1.78. The highest BCUT2D eigenvalue weighted by Gasteiger charge is 2.21. The van der Waals surface area contributed by atoms with Gasteiger partial charge in [0.05, 0.1) is 12.6 Å². The number of nitrogens with one attached hydrogen (secondary N) is 3. The van der Waals surface area contributed by atoms with Crippen molar-refractivity contribution < 1.29 is 9.90 Å². The van der Waals surface area contributed by atoms with Crippen LogP contribution in [0, 0.1) is 5.41 Å². The number of anilines is 1. The Kier molecular flexibility index (Phi) is 3.10. The number of hydrogen-bond acceptors (Lipinski definition) is 5. The molecule has 4 N–H and O–H groups in total. The zero-order valence-corrected chi connectivity index (χ0v) is 9.53. The number of aliphatic hydroxyl groups excluding tert-OH is 1. The second kappa shape index (κ2) is 4.54. The summed E-state index contributed by atoms with van der Waals surface area (Å²) >= 11 is 0. The van der Waals surface area contributed by atoms with Crippen molar-refractivity contribution in [2.75, 3.05) is 18.5 Å². The van der Waals surface area contributed by atoms with Crippen molar-refractivity contribution in [1.82, 2.24) is 14.9 Å². The van der Waals surface area contributed by atoms with Crippen LogP contribution in [-0.4, -0.2) is 39.8 Å². The van der Waals surface area contributed by atoms with E-state index in [1.165, 1.54) is 0 Å². The normalized spacial score (nSPS) is 17.4. The number of carbonyl (C=O) groups excluding carboxylic acids is 1. The van der Waals surface area contributed by atoms with Gasteiger partial charge in [0.1, 0.15) is 11.5 Å². The molecule has 0 fully saturated rings. The third kappa shape index (κ3) is 2.14. The molecule has 0 aliphatic carbocycles. The molecular weight excluding hydrogens is 222 g/mol. The summed E-state index contributed by atoms with van der Waals surface area (Å²) < 4.78 is 1.63. The molecule has 0 bridgehead atoms. The van der Waals surface area contributed by atoms with E-state index in [-0.39, 0.29) is 29.9 Å². The molecule has 1 aliphatic heterocycles. The van der Waals surface area contributed by atoms with E-state index >= 15 is 0 Å². The Morgan fingerprint density at radius 3 is 3.24 bits per heavy atom. The van der Waals surface area contributed by atoms with Gasteiger partial charge in [0.15, 0.2) is 0 Å². The van der Waals surface area contributed by atoms with Gasteiger partial charge in [-0.3, -0.25) is 14.8 Å². The van der Waals surface area contributed by atoms with Gasteiger partial charge in [-0.1, -0.05) is 0 Å². The number of hydrogen-bond donors (Lipinski definition) is 4. The lowest BCUT2D eigenvalue weighted by Gasteiger charge is -2.06. The van der Waals surface area contributed by atoms with E-state index in [1.54, 1.807) is 10.6 Å². The molecule has 0 saturated heterocycles. The zero-order valence-electron chi connectivity index (χ0n) is 9.53. The first-order valence-corrected chi connectivity index (χ1v) is 5.47. The van der Waals surface area contributed by atoms with Gasteiger partial charge < -0.3 is 15.7 Å². The van der Waals surface area contributed by atoms with E-state index in [0.29, 0.717) is 18.9 Å². The molecule has 0 aromatic carbocycles. The Morgan fingerprint density at radius 1 is 1.82 bits per heavy atom. The maximum atomic E-state index is 11.6. The predicted octanol–water partition coefficient (Wildman–Crippen LogP) is -1.10. The van der Waals surface area contributed by atoms with Crippen molar-refractivity contribution in [2.24, 2.45) is 0 Å². The lowest BCUT2D eigenvalue weighted by Crippen LogP contribution is -2.30. The van der Waals surface area contributed by atoms with Crippen molar-refractivity contribution in [3.05, 3.63) is 17.4 Å². The van der Waals surface area contributed by atoms with Crippen molar-refractivity contribution >= 4 is 11.7 Å². The smallest absolute Gasteiger partial charge is 0.270 e. The fraction of sp³-hybridized carbons (Fsp3) is 0.500. The van der Waals surface area contributed by atoms with Gasteiger partial charge in [0.2, 0.25) is 5.62 Å². The molecule has 1 aromatic rings. The highest BCUT2D eigenvalue weighted by Crippen LogP contribution is 2.15. The van der Waals surface area contributed by atoms with Crippen LogP contribution in [0.4, 0.5) is 5.82 Å². The van der Waals surface area contributed by atoms with E-state index in [4.69, 9.17) is 10.5 Å². The molecule has 1 aromatic heterocycles. The van der Waals surface area contributed by atoms with Gasteiger partial charge in [-0.15, -0.1) is 0 Å². The summed E-state index contributed by atoms with van der Waals surface area (Å²) in [6.45, 7) is 2.82. The molecule has 2 heterocycles. The summed E-state index contributed by atoms with van der Waals surface area (Å²) in [4.78, 5) is 15.5. The van der Waals surface area contributed by atoms with Gasteiger partial charge in [-0.25, -0.2) is 4.98 Å². The Hall–Kier alpha value is -1.89. The van der Waals surface area contributed by atoms with Crippen LogP contribution in [0.25, 0.3) is 0 Å². The second-order valence-corrected chi connectivity index (χ2v) is 3.84. The van der Waals surface area contributed by atoms with Crippen LogP contribution in [0.3, 0.4) is 0 Å². The summed E-state index contributed by atoms with van der Waals surface area (Å²) in [7, 11) is 0. The highest BCUT2D eigenvalue weighted by atomic mass is 16.3. The Bertz CT molecular complexity index is 496. The minimum Gasteiger partial charge on any atom is -0.394 e. The molecule has 7 nitrogen and oxygen atoms in total. The van der Waals surface area contributed by atoms with E-state index < -0.39 is 0 Å². The Morgan fingerprint density at radius 2 is 2.59 bits per heavy atom. The summed E-state index contributed by atoms with van der Waals surface area (Å²) in [5, 5.41) is 22.5. The van der Waals surface area contributed by atoms with Gasteiger partial charge in [0, 0.05) is 19.2 Å². The molecule has 17 heavy (non-hydrogen) atoms. The molecule has 1 amide bonds. The monoisotopic (exact) mass is 237 g/mol. The van der Waals surface area contributed by atoms with Gasteiger partial charge in [-0.05, 0) is 6.92 Å². The van der Waals surface area contributed by atoms with Crippen molar-refractivity contribution in [1.29, 1.82) is 5.41 Å². The van der Waals surface area contributed by atoms with Crippen LogP contribution in [0.15, 0.2) is 6.07 Å². The summed E-state index contributed by atoms with van der Waals surface area (Å²) in [6.07, 6.45) is 0. The average molecular weight is 237 g/mol. The van der Waals surface area contributed by atoms with Crippen molar-refractivity contribution in [2.45, 2.75) is 19.5 Å².